The molecule has 2 N–H and O–H groups in total. The molecule has 0 aromatic carbocycles. The second kappa shape index (κ2) is 16.5. The highest BCUT2D eigenvalue weighted by atomic mass is 35.5. The minimum Gasteiger partial charge on any atom is -0.360 e. The summed E-state index contributed by atoms with van der Waals surface area (Å²) in [5.74, 6) is -1.06. The zero-order valence-electron chi connectivity index (χ0n) is 27.6. The summed E-state index contributed by atoms with van der Waals surface area (Å²) in [5, 5.41) is 27.0. The Kier molecular flexibility index (Phi) is 12.6. The SMILES string of the molecule is Cc1nc(Cl)c(CN(CC2CC2)C2CCN(OC(O)C(=O)C(=O)C(O)ON3CCC(N(Cc4sc(C)nc4Cl)CC4CC4)CC3)CC2)s1. The largest absolute Gasteiger partial charge is 0.360 e. The minimum atomic E-state index is -2.02. The molecule has 4 heterocycles. The van der Waals surface area contributed by atoms with Crippen LogP contribution < -0.4 is 0 Å². The summed E-state index contributed by atoms with van der Waals surface area (Å²) < 4.78 is 0. The van der Waals surface area contributed by atoms with Crippen LogP contribution in [0.25, 0.3) is 0 Å². The molecule has 2 unspecified atom stereocenters. The first-order valence-corrected chi connectivity index (χ1v) is 19.4. The number of aliphatic hydroxyl groups is 2. The van der Waals surface area contributed by atoms with Crippen molar-refractivity contribution in [2.24, 2.45) is 11.8 Å². The molecule has 2 aromatic rings. The summed E-state index contributed by atoms with van der Waals surface area (Å²) in [5.41, 5.74) is 0. The summed E-state index contributed by atoms with van der Waals surface area (Å²) >= 11 is 16.0. The van der Waals surface area contributed by atoms with E-state index < -0.39 is 24.1 Å². The molecule has 4 fully saturated rings. The van der Waals surface area contributed by atoms with Gasteiger partial charge in [-0.25, -0.2) is 9.97 Å². The zero-order valence-corrected chi connectivity index (χ0v) is 30.7. The number of aliphatic hydroxyl groups excluding tert-OH is 2. The van der Waals surface area contributed by atoms with Crippen LogP contribution in [0.15, 0.2) is 0 Å². The van der Waals surface area contributed by atoms with Gasteiger partial charge in [0.1, 0.15) is 10.3 Å². The van der Waals surface area contributed by atoms with Gasteiger partial charge in [0.2, 0.25) is 12.6 Å². The van der Waals surface area contributed by atoms with Crippen molar-refractivity contribution in [2.45, 2.75) is 103 Å². The van der Waals surface area contributed by atoms with Crippen LogP contribution in [-0.2, 0) is 32.4 Å². The van der Waals surface area contributed by atoms with Crippen molar-refractivity contribution >= 4 is 57.4 Å². The van der Waals surface area contributed by atoms with Gasteiger partial charge in [0.05, 0.1) is 19.8 Å². The number of hydrogen-bond donors (Lipinski definition) is 2. The van der Waals surface area contributed by atoms with Crippen molar-refractivity contribution in [2.75, 3.05) is 39.3 Å². The highest BCUT2D eigenvalue weighted by molar-refractivity contribution is 7.12. The minimum absolute atomic E-state index is 0.299. The van der Waals surface area contributed by atoms with Crippen LogP contribution in [0.1, 0.15) is 71.1 Å². The lowest BCUT2D eigenvalue weighted by Gasteiger charge is -2.38. The number of halogens is 2. The number of aromatic nitrogens is 2. The summed E-state index contributed by atoms with van der Waals surface area (Å²) in [4.78, 5) is 52.2. The van der Waals surface area contributed by atoms with Crippen LogP contribution in [0.2, 0.25) is 10.3 Å². The fourth-order valence-electron chi connectivity index (χ4n) is 6.65. The molecule has 2 saturated carbocycles. The monoisotopic (exact) mass is 744 g/mol. The van der Waals surface area contributed by atoms with Gasteiger partial charge in [-0.15, -0.1) is 22.7 Å². The van der Waals surface area contributed by atoms with Gasteiger partial charge >= 0.3 is 0 Å². The van der Waals surface area contributed by atoms with E-state index >= 15 is 0 Å². The smallest absolute Gasteiger partial charge is 0.261 e. The van der Waals surface area contributed by atoms with Crippen molar-refractivity contribution in [1.82, 2.24) is 29.9 Å². The number of nitrogens with zero attached hydrogens (tertiary/aromatic N) is 6. The first-order chi connectivity index (χ1) is 23.0. The lowest BCUT2D eigenvalue weighted by Crippen LogP contribution is -2.49. The van der Waals surface area contributed by atoms with Gasteiger partial charge in [0, 0.05) is 64.4 Å². The van der Waals surface area contributed by atoms with Crippen LogP contribution in [0.5, 0.6) is 0 Å². The van der Waals surface area contributed by atoms with E-state index in [1.807, 2.05) is 13.8 Å². The molecule has 2 aliphatic heterocycles. The maximum Gasteiger partial charge on any atom is 0.261 e. The third kappa shape index (κ3) is 10.0. The van der Waals surface area contributed by atoms with Gasteiger partial charge in [0.25, 0.3) is 11.6 Å². The number of aryl methyl sites for hydroxylation is 2. The van der Waals surface area contributed by atoms with Gasteiger partial charge in [-0.1, -0.05) is 23.2 Å². The quantitative estimate of drug-likeness (QED) is 0.178. The van der Waals surface area contributed by atoms with Crippen molar-refractivity contribution in [3.63, 3.8) is 0 Å². The predicted molar refractivity (Wildman–Crippen MR) is 183 cm³/mol. The molecule has 0 radical (unpaired) electrons. The van der Waals surface area contributed by atoms with Crippen molar-refractivity contribution in [1.29, 1.82) is 0 Å². The molecule has 0 amide bonds. The number of Topliss-reactive ketones (excluding diaryl/α,β-unsaturated/α-hetero) is 2. The first-order valence-electron chi connectivity index (χ1n) is 17.0. The molecule has 4 aliphatic rings. The Labute approximate surface area is 299 Å². The van der Waals surface area contributed by atoms with Crippen LogP contribution in [0, 0.1) is 25.7 Å². The van der Waals surface area contributed by atoms with E-state index in [1.54, 1.807) is 22.7 Å². The van der Waals surface area contributed by atoms with Crippen LogP contribution in [0.3, 0.4) is 0 Å². The van der Waals surface area contributed by atoms with Crippen LogP contribution in [-0.4, -0.2) is 116 Å². The molecule has 48 heavy (non-hydrogen) atoms. The summed E-state index contributed by atoms with van der Waals surface area (Å²) in [6, 6.07) is 0.599. The van der Waals surface area contributed by atoms with Gasteiger partial charge in [-0.05, 0) is 77.0 Å². The first kappa shape index (κ1) is 36.6. The molecular formula is C32H46Cl2N6O6S2. The molecule has 16 heteroatoms. The number of carbonyl (C=O) groups excluding carboxylic acids is 2. The molecule has 266 valence electrons. The zero-order chi connectivity index (χ0) is 33.9. The lowest BCUT2D eigenvalue weighted by atomic mass is 10.0. The molecule has 2 aliphatic carbocycles. The molecular weight excluding hydrogens is 699 g/mol. The Balaban J connectivity index is 0.930. The maximum atomic E-state index is 12.7. The maximum absolute atomic E-state index is 12.7. The molecule has 0 bridgehead atoms. The molecule has 12 nitrogen and oxygen atoms in total. The van der Waals surface area contributed by atoms with E-state index in [0.29, 0.717) is 60.4 Å². The van der Waals surface area contributed by atoms with E-state index in [2.05, 4.69) is 19.8 Å². The summed E-state index contributed by atoms with van der Waals surface area (Å²) in [7, 11) is 0. The molecule has 2 aromatic heterocycles. The van der Waals surface area contributed by atoms with Crippen molar-refractivity contribution in [3.8, 4) is 0 Å². The van der Waals surface area contributed by atoms with E-state index in [0.717, 1.165) is 71.6 Å². The number of hydroxylamine groups is 4. The second-order valence-corrected chi connectivity index (χ2v) is 16.9. The van der Waals surface area contributed by atoms with E-state index in [4.69, 9.17) is 32.9 Å². The van der Waals surface area contributed by atoms with Gasteiger partial charge < -0.3 is 10.2 Å². The Morgan fingerprint density at radius 3 is 1.38 bits per heavy atom. The van der Waals surface area contributed by atoms with E-state index in [9.17, 15) is 19.8 Å². The Morgan fingerprint density at radius 1 is 0.729 bits per heavy atom. The average Bonchev–Trinajstić information content (AvgIpc) is 3.99. The fourth-order valence-corrected chi connectivity index (χ4v) is 9.06. The lowest BCUT2D eigenvalue weighted by molar-refractivity contribution is -0.272. The molecule has 2 atom stereocenters. The van der Waals surface area contributed by atoms with Gasteiger partial charge in [0.15, 0.2) is 0 Å². The Morgan fingerprint density at radius 2 is 1.08 bits per heavy atom. The Hall–Kier alpha value is -1.14. The predicted octanol–water partition coefficient (Wildman–Crippen LogP) is 4.21. The topological polar surface area (TPSA) is 132 Å². The highest BCUT2D eigenvalue weighted by Gasteiger charge is 2.37. The number of ketones is 2. The number of piperidine rings is 2. The van der Waals surface area contributed by atoms with Crippen molar-refractivity contribution < 1.29 is 29.5 Å². The van der Waals surface area contributed by atoms with E-state index in [1.165, 1.54) is 35.8 Å². The highest BCUT2D eigenvalue weighted by Crippen LogP contribution is 2.35. The number of carbonyl (C=O) groups is 2. The molecule has 6 rings (SSSR count). The van der Waals surface area contributed by atoms with Gasteiger partial charge in [-0.3, -0.25) is 29.1 Å². The Bertz CT molecular complexity index is 1300. The van der Waals surface area contributed by atoms with Crippen molar-refractivity contribution in [3.05, 3.63) is 30.1 Å². The third-order valence-electron chi connectivity index (χ3n) is 9.65. The normalized spacial score (nSPS) is 21.8. The van der Waals surface area contributed by atoms with Gasteiger partial charge in [-0.2, -0.15) is 10.1 Å². The fraction of sp³-hybridized carbons (Fsp3) is 0.750. The van der Waals surface area contributed by atoms with Crippen LogP contribution in [0.4, 0.5) is 0 Å². The number of hydrogen-bond acceptors (Lipinski definition) is 14. The average molecular weight is 746 g/mol. The molecule has 2 saturated heterocycles. The summed E-state index contributed by atoms with van der Waals surface area (Å²) in [6.45, 7) is 9.37. The van der Waals surface area contributed by atoms with E-state index in [-0.39, 0.29) is 0 Å². The standard InChI is InChI=1S/C32H46Cl2N6O6S2/c1-19-35-29(33)25(47-19)17-37(15-21-3-4-21)23-7-11-39(12-8-23)45-31(43)27(41)28(42)32(44)46-40-13-9-24(10-14-40)38(16-22-5-6-22)18-26-30(34)36-20(2)48-26/h21-24,31-32,43-44H,3-18H2,1-2H3. The van der Waals surface area contributed by atoms with Crippen LogP contribution >= 0.6 is 45.9 Å². The third-order valence-corrected chi connectivity index (χ3v) is 12.4. The molecule has 0 spiro atoms. The second-order valence-electron chi connectivity index (χ2n) is 13.6. The number of rotatable bonds is 17. The number of thiazole rings is 2. The summed E-state index contributed by atoms with van der Waals surface area (Å²) in [6.07, 6.45) is 4.02.